The predicted molar refractivity (Wildman–Crippen MR) is 86.5 cm³/mol. The zero-order valence-electron chi connectivity index (χ0n) is 12.3. The fourth-order valence-electron chi connectivity index (χ4n) is 2.56. The van der Waals surface area contributed by atoms with Crippen LogP contribution < -0.4 is 5.32 Å². The number of para-hydroxylation sites is 1. The quantitative estimate of drug-likeness (QED) is 0.703. The average Bonchev–Trinajstić information content (AvgIpc) is 2.90. The second kappa shape index (κ2) is 6.39. The summed E-state index contributed by atoms with van der Waals surface area (Å²) in [5.74, 6) is 1.13. The molecule has 1 aromatic carbocycles. The van der Waals surface area contributed by atoms with Crippen molar-refractivity contribution in [1.29, 1.82) is 0 Å². The highest BCUT2D eigenvalue weighted by atomic mass is 15.1. The van der Waals surface area contributed by atoms with E-state index in [1.165, 1.54) is 5.69 Å². The molecular formula is C17H20N4. The average molecular weight is 280 g/mol. The summed E-state index contributed by atoms with van der Waals surface area (Å²) in [6, 6.07) is 14.3. The summed E-state index contributed by atoms with van der Waals surface area (Å²) in [6.45, 7) is 4.00. The number of pyridine rings is 1. The molecule has 0 fully saturated rings. The summed E-state index contributed by atoms with van der Waals surface area (Å²) in [7, 11) is 0. The third-order valence-corrected chi connectivity index (χ3v) is 3.58. The van der Waals surface area contributed by atoms with Crippen molar-refractivity contribution >= 4 is 16.9 Å². The van der Waals surface area contributed by atoms with Crippen LogP contribution in [0.3, 0.4) is 0 Å². The van der Waals surface area contributed by atoms with E-state index in [2.05, 4.69) is 33.9 Å². The maximum atomic E-state index is 4.70. The van der Waals surface area contributed by atoms with Crippen molar-refractivity contribution in [3.05, 3.63) is 54.5 Å². The molecule has 0 saturated carbocycles. The van der Waals surface area contributed by atoms with Crippen LogP contribution in [-0.4, -0.2) is 21.1 Å². The summed E-state index contributed by atoms with van der Waals surface area (Å²) in [5, 5.41) is 3.43. The highest BCUT2D eigenvalue weighted by Crippen LogP contribution is 2.15. The Kier molecular flexibility index (Phi) is 4.15. The molecule has 3 rings (SSSR count). The van der Waals surface area contributed by atoms with Gasteiger partial charge in [0.25, 0.3) is 0 Å². The monoisotopic (exact) mass is 280 g/mol. The van der Waals surface area contributed by atoms with Crippen molar-refractivity contribution in [2.75, 3.05) is 11.9 Å². The van der Waals surface area contributed by atoms with Crippen molar-refractivity contribution < 1.29 is 0 Å². The number of rotatable bonds is 6. The van der Waals surface area contributed by atoms with E-state index in [1.54, 1.807) is 0 Å². The Bertz CT molecular complexity index is 703. The second-order valence-corrected chi connectivity index (χ2v) is 5.01. The standard InChI is InChI=1S/C17H20N4/c1-2-21-16(20-15-10-6-13-19-17(15)21)11-7-12-18-14-8-4-3-5-9-14/h3-6,8-10,13,18H,2,7,11-12H2,1H3. The molecule has 108 valence electrons. The van der Waals surface area contributed by atoms with Gasteiger partial charge in [0.15, 0.2) is 5.65 Å². The van der Waals surface area contributed by atoms with E-state index in [1.807, 2.05) is 36.5 Å². The van der Waals surface area contributed by atoms with Gasteiger partial charge in [0.05, 0.1) is 0 Å². The van der Waals surface area contributed by atoms with Gasteiger partial charge in [-0.3, -0.25) is 0 Å². The molecule has 0 aliphatic heterocycles. The van der Waals surface area contributed by atoms with Crippen molar-refractivity contribution in [3.63, 3.8) is 0 Å². The maximum Gasteiger partial charge on any atom is 0.159 e. The van der Waals surface area contributed by atoms with Crippen LogP contribution in [0.25, 0.3) is 11.2 Å². The Morgan fingerprint density at radius 2 is 1.95 bits per heavy atom. The van der Waals surface area contributed by atoms with Crippen LogP contribution in [0.5, 0.6) is 0 Å². The van der Waals surface area contributed by atoms with Gasteiger partial charge in [0, 0.05) is 31.4 Å². The van der Waals surface area contributed by atoms with E-state index in [4.69, 9.17) is 4.98 Å². The number of aryl methyl sites for hydroxylation is 2. The van der Waals surface area contributed by atoms with E-state index in [9.17, 15) is 0 Å². The molecule has 3 aromatic rings. The van der Waals surface area contributed by atoms with Crippen molar-refractivity contribution in [2.45, 2.75) is 26.3 Å². The number of nitrogens with zero attached hydrogens (tertiary/aromatic N) is 3. The first kappa shape index (κ1) is 13.6. The lowest BCUT2D eigenvalue weighted by atomic mass is 10.2. The Hall–Kier alpha value is -2.36. The maximum absolute atomic E-state index is 4.70. The molecule has 0 bridgehead atoms. The predicted octanol–water partition coefficient (Wildman–Crippen LogP) is 3.50. The lowest BCUT2D eigenvalue weighted by Gasteiger charge is -2.07. The van der Waals surface area contributed by atoms with Gasteiger partial charge in [-0.2, -0.15) is 0 Å². The first-order valence-corrected chi connectivity index (χ1v) is 7.47. The molecule has 2 aromatic heterocycles. The Morgan fingerprint density at radius 1 is 1.10 bits per heavy atom. The van der Waals surface area contributed by atoms with Crippen LogP contribution in [0.1, 0.15) is 19.2 Å². The van der Waals surface area contributed by atoms with E-state index in [0.717, 1.165) is 42.9 Å². The second-order valence-electron chi connectivity index (χ2n) is 5.01. The molecule has 0 atom stereocenters. The van der Waals surface area contributed by atoms with Crippen LogP contribution in [0.2, 0.25) is 0 Å². The van der Waals surface area contributed by atoms with E-state index < -0.39 is 0 Å². The molecule has 4 nitrogen and oxygen atoms in total. The van der Waals surface area contributed by atoms with Gasteiger partial charge < -0.3 is 9.88 Å². The molecule has 0 unspecified atom stereocenters. The van der Waals surface area contributed by atoms with Crippen LogP contribution in [-0.2, 0) is 13.0 Å². The van der Waals surface area contributed by atoms with Gasteiger partial charge in [0.1, 0.15) is 11.3 Å². The number of fused-ring (bicyclic) bond motifs is 1. The van der Waals surface area contributed by atoms with Gasteiger partial charge in [-0.05, 0) is 37.6 Å². The molecule has 0 aliphatic rings. The van der Waals surface area contributed by atoms with Gasteiger partial charge in [-0.1, -0.05) is 18.2 Å². The minimum atomic E-state index is 0.912. The fraction of sp³-hybridized carbons (Fsp3) is 0.294. The minimum Gasteiger partial charge on any atom is -0.385 e. The molecular weight excluding hydrogens is 260 g/mol. The molecule has 0 amide bonds. The lowest BCUT2D eigenvalue weighted by Crippen LogP contribution is -2.07. The number of aromatic nitrogens is 3. The minimum absolute atomic E-state index is 0.912. The number of nitrogens with one attached hydrogen (secondary N) is 1. The number of benzene rings is 1. The third-order valence-electron chi connectivity index (χ3n) is 3.58. The van der Waals surface area contributed by atoms with E-state index in [0.29, 0.717) is 0 Å². The van der Waals surface area contributed by atoms with Crippen molar-refractivity contribution in [1.82, 2.24) is 14.5 Å². The summed E-state index contributed by atoms with van der Waals surface area (Å²) >= 11 is 0. The van der Waals surface area contributed by atoms with Gasteiger partial charge in [-0.15, -0.1) is 0 Å². The number of anilines is 1. The van der Waals surface area contributed by atoms with Gasteiger partial charge in [-0.25, -0.2) is 9.97 Å². The SMILES string of the molecule is CCn1c(CCCNc2ccccc2)nc2cccnc21. The largest absolute Gasteiger partial charge is 0.385 e. The highest BCUT2D eigenvalue weighted by molar-refractivity contribution is 5.71. The number of hydrogen-bond acceptors (Lipinski definition) is 3. The fourth-order valence-corrected chi connectivity index (χ4v) is 2.56. The Labute approximate surface area is 124 Å². The van der Waals surface area contributed by atoms with Crippen molar-refractivity contribution in [2.24, 2.45) is 0 Å². The molecule has 2 heterocycles. The van der Waals surface area contributed by atoms with Crippen molar-refractivity contribution in [3.8, 4) is 0 Å². The summed E-state index contributed by atoms with van der Waals surface area (Å²) in [4.78, 5) is 9.13. The molecule has 0 saturated heterocycles. The number of imidazole rings is 1. The first-order valence-electron chi connectivity index (χ1n) is 7.47. The summed E-state index contributed by atoms with van der Waals surface area (Å²) < 4.78 is 2.21. The van der Waals surface area contributed by atoms with Crippen LogP contribution in [0, 0.1) is 0 Å². The molecule has 0 spiro atoms. The van der Waals surface area contributed by atoms with Crippen LogP contribution in [0.4, 0.5) is 5.69 Å². The zero-order chi connectivity index (χ0) is 14.5. The third kappa shape index (κ3) is 3.05. The molecule has 21 heavy (non-hydrogen) atoms. The summed E-state index contributed by atoms with van der Waals surface area (Å²) in [6.07, 6.45) is 3.85. The summed E-state index contributed by atoms with van der Waals surface area (Å²) in [5.41, 5.74) is 3.15. The molecule has 1 N–H and O–H groups in total. The number of hydrogen-bond donors (Lipinski definition) is 1. The Balaban J connectivity index is 1.63. The lowest BCUT2D eigenvalue weighted by molar-refractivity contribution is 0.688. The smallest absolute Gasteiger partial charge is 0.159 e. The molecule has 0 radical (unpaired) electrons. The first-order chi connectivity index (χ1) is 10.4. The topological polar surface area (TPSA) is 42.7 Å². The molecule has 0 aliphatic carbocycles. The molecule has 4 heteroatoms. The normalized spacial score (nSPS) is 10.9. The van der Waals surface area contributed by atoms with Crippen LogP contribution in [0.15, 0.2) is 48.7 Å². The Morgan fingerprint density at radius 3 is 2.76 bits per heavy atom. The van der Waals surface area contributed by atoms with Gasteiger partial charge in [0.2, 0.25) is 0 Å². The van der Waals surface area contributed by atoms with Crippen LogP contribution >= 0.6 is 0 Å². The highest BCUT2D eigenvalue weighted by Gasteiger charge is 2.09. The van der Waals surface area contributed by atoms with E-state index in [-0.39, 0.29) is 0 Å². The van der Waals surface area contributed by atoms with Gasteiger partial charge >= 0.3 is 0 Å². The zero-order valence-corrected chi connectivity index (χ0v) is 12.3. The van der Waals surface area contributed by atoms with E-state index >= 15 is 0 Å².